The summed E-state index contributed by atoms with van der Waals surface area (Å²) in [6.45, 7) is 19.0. The van der Waals surface area contributed by atoms with E-state index in [1.54, 1.807) is 6.92 Å². The molecule has 1 aliphatic rings. The summed E-state index contributed by atoms with van der Waals surface area (Å²) in [6, 6.07) is 4.02. The number of carbonyl (C=O) groups excluding carboxylic acids is 1. The van der Waals surface area contributed by atoms with Crippen LogP contribution in [0.3, 0.4) is 0 Å². The molecule has 2 unspecified atom stereocenters. The molecule has 0 saturated carbocycles. The zero-order chi connectivity index (χ0) is 27.1. The first kappa shape index (κ1) is 30.7. The largest absolute Gasteiger partial charge is 0.642 e. The van der Waals surface area contributed by atoms with Gasteiger partial charge in [0.1, 0.15) is 5.75 Å². The van der Waals surface area contributed by atoms with E-state index >= 15 is 0 Å². The molecule has 0 radical (unpaired) electrons. The molecule has 7 heteroatoms. The Kier molecular flexibility index (Phi) is 10.9. The van der Waals surface area contributed by atoms with E-state index in [1.165, 1.54) is 25.7 Å². The summed E-state index contributed by atoms with van der Waals surface area (Å²) in [6.07, 6.45) is 7.58. The summed E-state index contributed by atoms with van der Waals surface area (Å²) < 4.78 is 22.8. The predicted molar refractivity (Wildman–Crippen MR) is 145 cm³/mol. The number of phenols is 1. The van der Waals surface area contributed by atoms with Gasteiger partial charge in [0.25, 0.3) is 0 Å². The molecule has 1 heterocycles. The van der Waals surface area contributed by atoms with E-state index in [4.69, 9.17) is 18.7 Å². The molecule has 1 N–H and O–H groups in total. The van der Waals surface area contributed by atoms with Gasteiger partial charge in [-0.15, -0.1) is 0 Å². The van der Waals surface area contributed by atoms with Crippen LogP contribution in [0, 0.1) is 5.92 Å². The molecule has 36 heavy (non-hydrogen) atoms. The Hall–Kier alpha value is -1.57. The average Bonchev–Trinajstić information content (AvgIpc) is 3.12. The smallest absolute Gasteiger partial charge is 0.507 e. The molecule has 2 rings (SSSR count). The molecule has 2 atom stereocenters. The van der Waals surface area contributed by atoms with Crippen LogP contribution in [0.15, 0.2) is 12.1 Å². The average molecular weight is 505 g/mol. The van der Waals surface area contributed by atoms with Crippen molar-refractivity contribution in [2.24, 2.45) is 5.92 Å². The third-order valence-electron chi connectivity index (χ3n) is 6.63. The van der Waals surface area contributed by atoms with Crippen molar-refractivity contribution in [2.45, 2.75) is 124 Å². The molecule has 0 aromatic heterocycles. The number of carbonyl (C=O) groups is 1. The van der Waals surface area contributed by atoms with E-state index in [0.717, 1.165) is 29.5 Å². The summed E-state index contributed by atoms with van der Waals surface area (Å²) in [5.74, 6) is -1.57. The Morgan fingerprint density at radius 2 is 1.61 bits per heavy atom. The molecular weight excluding hydrogens is 455 g/mol. The van der Waals surface area contributed by atoms with E-state index in [9.17, 15) is 9.90 Å². The van der Waals surface area contributed by atoms with Crippen LogP contribution in [-0.4, -0.2) is 37.4 Å². The normalized spacial score (nSPS) is 19.5. The lowest BCUT2D eigenvalue weighted by Crippen LogP contribution is -2.38. The SMILES string of the molecule is CCCCCCCCOB1OCC(C)(OC(=O)C(C)Cc2cc(C(C)(C)C)c(O)c(C(C)(C)C)c2)O1. The molecule has 1 saturated heterocycles. The standard InChI is InChI=1S/C29H49BO6/c1-10-11-12-13-14-15-16-33-30-34-20-29(9,36-30)35-26(32)21(2)17-22-18-23(27(3,4)5)25(31)24(19-22)28(6,7)8/h18-19,21,31H,10-17,20H2,1-9H3. The van der Waals surface area contributed by atoms with E-state index in [0.29, 0.717) is 18.8 Å². The zero-order valence-electron chi connectivity index (χ0n) is 24.2. The maximum absolute atomic E-state index is 13.0. The number of esters is 1. The third-order valence-corrected chi connectivity index (χ3v) is 6.63. The van der Waals surface area contributed by atoms with E-state index in [-0.39, 0.29) is 23.4 Å². The van der Waals surface area contributed by atoms with Crippen molar-refractivity contribution in [3.63, 3.8) is 0 Å². The Morgan fingerprint density at radius 1 is 1.06 bits per heavy atom. The van der Waals surface area contributed by atoms with Gasteiger partial charge in [0.2, 0.25) is 5.79 Å². The van der Waals surface area contributed by atoms with Crippen LogP contribution in [0.1, 0.15) is 118 Å². The highest BCUT2D eigenvalue weighted by atomic mass is 16.8. The van der Waals surface area contributed by atoms with Crippen molar-refractivity contribution in [1.82, 2.24) is 0 Å². The highest BCUT2D eigenvalue weighted by molar-refractivity contribution is 6.37. The molecule has 1 aromatic carbocycles. The topological polar surface area (TPSA) is 74.2 Å². The summed E-state index contributed by atoms with van der Waals surface area (Å²) in [5, 5.41) is 11.0. The van der Waals surface area contributed by atoms with Crippen LogP contribution >= 0.6 is 0 Å². The minimum absolute atomic E-state index is 0.133. The fraction of sp³-hybridized carbons (Fsp3) is 0.759. The lowest BCUT2D eigenvalue weighted by atomic mass is 9.77. The van der Waals surface area contributed by atoms with Crippen LogP contribution in [0.2, 0.25) is 0 Å². The number of hydrogen-bond acceptors (Lipinski definition) is 6. The third kappa shape index (κ3) is 9.07. The molecule has 1 aromatic rings. The zero-order valence-corrected chi connectivity index (χ0v) is 24.2. The maximum atomic E-state index is 13.0. The van der Waals surface area contributed by atoms with Crippen molar-refractivity contribution in [1.29, 1.82) is 0 Å². The molecule has 0 bridgehead atoms. The molecule has 204 valence electrons. The van der Waals surface area contributed by atoms with Crippen molar-refractivity contribution in [3.8, 4) is 5.75 Å². The highest BCUT2D eigenvalue weighted by Crippen LogP contribution is 2.40. The number of unbranched alkanes of at least 4 members (excludes halogenated alkanes) is 5. The summed E-state index contributed by atoms with van der Waals surface area (Å²) >= 11 is 0. The second-order valence-electron chi connectivity index (χ2n) is 12.6. The van der Waals surface area contributed by atoms with Gasteiger partial charge in [-0.3, -0.25) is 4.79 Å². The quantitative estimate of drug-likeness (QED) is 0.191. The summed E-state index contributed by atoms with van der Waals surface area (Å²) in [5.41, 5.74) is 2.32. The monoisotopic (exact) mass is 504 g/mol. The van der Waals surface area contributed by atoms with Gasteiger partial charge in [0.05, 0.1) is 12.5 Å². The van der Waals surface area contributed by atoms with Crippen LogP contribution < -0.4 is 0 Å². The van der Waals surface area contributed by atoms with Gasteiger partial charge in [-0.05, 0) is 40.4 Å². The molecule has 1 aliphatic heterocycles. The molecular formula is C29H49BO6. The molecule has 0 spiro atoms. The van der Waals surface area contributed by atoms with Gasteiger partial charge in [0.15, 0.2) is 0 Å². The molecule has 1 fully saturated rings. The summed E-state index contributed by atoms with van der Waals surface area (Å²) in [4.78, 5) is 13.0. The fourth-order valence-electron chi connectivity index (χ4n) is 4.39. The van der Waals surface area contributed by atoms with Crippen LogP contribution in [-0.2, 0) is 40.7 Å². The maximum Gasteiger partial charge on any atom is 0.642 e. The minimum atomic E-state index is -1.17. The van der Waals surface area contributed by atoms with Crippen LogP contribution in [0.5, 0.6) is 5.75 Å². The first-order valence-electron chi connectivity index (χ1n) is 13.7. The van der Waals surface area contributed by atoms with E-state index < -0.39 is 19.0 Å². The molecule has 0 aliphatic carbocycles. The Labute approximate surface area is 219 Å². The summed E-state index contributed by atoms with van der Waals surface area (Å²) in [7, 11) is -0.811. The number of ether oxygens (including phenoxy) is 1. The van der Waals surface area contributed by atoms with E-state index in [1.807, 2.05) is 19.1 Å². The van der Waals surface area contributed by atoms with Gasteiger partial charge in [-0.1, -0.05) is 99.6 Å². The fourth-order valence-corrected chi connectivity index (χ4v) is 4.39. The van der Waals surface area contributed by atoms with Gasteiger partial charge < -0.3 is 23.8 Å². The van der Waals surface area contributed by atoms with Crippen molar-refractivity contribution in [2.75, 3.05) is 13.2 Å². The molecule has 0 amide bonds. The van der Waals surface area contributed by atoms with Gasteiger partial charge in [-0.2, -0.15) is 0 Å². The highest BCUT2D eigenvalue weighted by Gasteiger charge is 2.46. The number of aromatic hydroxyl groups is 1. The van der Waals surface area contributed by atoms with Crippen molar-refractivity contribution >= 4 is 13.3 Å². The first-order valence-corrected chi connectivity index (χ1v) is 13.7. The number of rotatable bonds is 12. The lowest BCUT2D eigenvalue weighted by molar-refractivity contribution is -0.193. The Balaban J connectivity index is 1.95. The van der Waals surface area contributed by atoms with Gasteiger partial charge in [-0.25, -0.2) is 0 Å². The van der Waals surface area contributed by atoms with Gasteiger partial charge in [0, 0.05) is 13.5 Å². The van der Waals surface area contributed by atoms with Crippen molar-refractivity contribution < 1.29 is 28.6 Å². The number of benzene rings is 1. The first-order chi connectivity index (χ1) is 16.7. The number of hydrogen-bond donors (Lipinski definition) is 1. The Morgan fingerprint density at radius 3 is 2.17 bits per heavy atom. The number of phenolic OH excluding ortho intramolecular Hbond substituents is 1. The van der Waals surface area contributed by atoms with Gasteiger partial charge >= 0.3 is 13.3 Å². The van der Waals surface area contributed by atoms with Crippen LogP contribution in [0.4, 0.5) is 0 Å². The van der Waals surface area contributed by atoms with Crippen molar-refractivity contribution in [3.05, 3.63) is 28.8 Å². The Bertz CT molecular complexity index is 821. The van der Waals surface area contributed by atoms with Crippen LogP contribution in [0.25, 0.3) is 0 Å². The predicted octanol–water partition coefficient (Wildman–Crippen LogP) is 6.83. The second-order valence-corrected chi connectivity index (χ2v) is 12.6. The molecule has 6 nitrogen and oxygen atoms in total. The lowest BCUT2D eigenvalue weighted by Gasteiger charge is -2.29. The van der Waals surface area contributed by atoms with E-state index in [2.05, 4.69) is 48.5 Å². The minimum Gasteiger partial charge on any atom is -0.507 e. The second kappa shape index (κ2) is 12.8.